The van der Waals surface area contributed by atoms with Crippen molar-refractivity contribution in [2.24, 2.45) is 0 Å². The van der Waals surface area contributed by atoms with Gasteiger partial charge < -0.3 is 14.6 Å². The van der Waals surface area contributed by atoms with Gasteiger partial charge in [0.1, 0.15) is 11.5 Å². The maximum Gasteiger partial charge on any atom is 0.271 e. The van der Waals surface area contributed by atoms with Crippen molar-refractivity contribution in [2.45, 2.75) is 33.0 Å². The highest BCUT2D eigenvalue weighted by Gasteiger charge is 2.27. The molecule has 2 aromatic heterocycles. The number of fused-ring (bicyclic) bond motifs is 1. The summed E-state index contributed by atoms with van der Waals surface area (Å²) in [5.41, 5.74) is 0.488. The number of thiophene rings is 1. The number of amides is 1. The van der Waals surface area contributed by atoms with Crippen molar-refractivity contribution in [2.75, 3.05) is 26.8 Å². The van der Waals surface area contributed by atoms with Gasteiger partial charge in [-0.2, -0.15) is 0 Å². The molecule has 1 aliphatic rings. The quantitative estimate of drug-likeness (QED) is 0.813. The third-order valence-corrected chi connectivity index (χ3v) is 5.32. The molecule has 0 saturated heterocycles. The minimum absolute atomic E-state index is 0.137. The first-order valence-corrected chi connectivity index (χ1v) is 9.03. The molecule has 1 atom stereocenters. The monoisotopic (exact) mass is 348 g/mol. The zero-order valence-electron chi connectivity index (χ0n) is 14.4. The Bertz CT molecular complexity index is 709. The van der Waals surface area contributed by atoms with Gasteiger partial charge in [0, 0.05) is 49.2 Å². The number of hydrogen-bond acceptors (Lipinski definition) is 5. The highest BCUT2D eigenvalue weighted by molar-refractivity contribution is 7.11. The van der Waals surface area contributed by atoms with Gasteiger partial charge in [0.25, 0.3) is 5.91 Å². The van der Waals surface area contributed by atoms with Crippen LogP contribution < -0.4 is 5.32 Å². The number of rotatable bonds is 6. The van der Waals surface area contributed by atoms with Gasteiger partial charge in [-0.05, 0) is 26.0 Å². The molecule has 0 aliphatic carbocycles. The second-order valence-corrected chi connectivity index (χ2v) is 7.46. The summed E-state index contributed by atoms with van der Waals surface area (Å²) < 4.78 is 7.06. The van der Waals surface area contributed by atoms with E-state index in [-0.39, 0.29) is 11.9 Å². The lowest BCUT2D eigenvalue weighted by molar-refractivity contribution is 0.0932. The van der Waals surface area contributed by atoms with E-state index in [1.165, 1.54) is 9.75 Å². The summed E-state index contributed by atoms with van der Waals surface area (Å²) in [4.78, 5) is 21.9. The summed E-state index contributed by atoms with van der Waals surface area (Å²) >= 11 is 1.84. The van der Waals surface area contributed by atoms with Crippen LogP contribution >= 0.6 is 11.3 Å². The molecule has 0 saturated carbocycles. The summed E-state index contributed by atoms with van der Waals surface area (Å²) in [7, 11) is 1.62. The lowest BCUT2D eigenvalue weighted by Crippen LogP contribution is -2.36. The average Bonchev–Trinajstić information content (AvgIpc) is 3.17. The molecule has 24 heavy (non-hydrogen) atoms. The molecular weight excluding hydrogens is 324 g/mol. The summed E-state index contributed by atoms with van der Waals surface area (Å²) in [6.07, 6.45) is 1.86. The van der Waals surface area contributed by atoms with Crippen molar-refractivity contribution in [3.63, 3.8) is 0 Å². The Hall–Kier alpha value is -1.70. The molecule has 7 heteroatoms. The van der Waals surface area contributed by atoms with E-state index in [4.69, 9.17) is 4.74 Å². The van der Waals surface area contributed by atoms with Crippen LogP contribution in [0.3, 0.4) is 0 Å². The number of aryl methyl sites for hydroxylation is 1. The van der Waals surface area contributed by atoms with Gasteiger partial charge in [-0.1, -0.05) is 0 Å². The SMILES string of the molecule is COCCNC(=O)c1cn2c(n1)C(C)N(Cc1ccc(C)s1)CC2. The fourth-order valence-corrected chi connectivity index (χ4v) is 3.90. The third-order valence-electron chi connectivity index (χ3n) is 4.34. The van der Waals surface area contributed by atoms with E-state index < -0.39 is 0 Å². The first-order chi connectivity index (χ1) is 11.6. The number of carbonyl (C=O) groups excluding carboxylic acids is 1. The van der Waals surface area contributed by atoms with Crippen LogP contribution in [-0.4, -0.2) is 47.2 Å². The Labute approximate surface area is 146 Å². The van der Waals surface area contributed by atoms with Gasteiger partial charge in [-0.15, -0.1) is 11.3 Å². The van der Waals surface area contributed by atoms with Crippen molar-refractivity contribution in [1.82, 2.24) is 19.8 Å². The van der Waals surface area contributed by atoms with E-state index in [1.807, 2.05) is 17.5 Å². The molecule has 0 radical (unpaired) electrons. The standard InChI is InChI=1S/C17H24N4O2S/c1-12-4-5-14(24-12)10-20-7-8-21-11-15(19-16(21)13(20)2)17(22)18-6-9-23-3/h4-5,11,13H,6-10H2,1-3H3,(H,18,22). The van der Waals surface area contributed by atoms with Crippen LogP contribution in [0.2, 0.25) is 0 Å². The number of methoxy groups -OCH3 is 1. The van der Waals surface area contributed by atoms with Crippen LogP contribution in [0.15, 0.2) is 18.3 Å². The van der Waals surface area contributed by atoms with E-state index in [0.29, 0.717) is 18.8 Å². The number of imidazole rings is 1. The van der Waals surface area contributed by atoms with Gasteiger partial charge in [0.05, 0.1) is 12.6 Å². The van der Waals surface area contributed by atoms with Gasteiger partial charge in [-0.3, -0.25) is 9.69 Å². The van der Waals surface area contributed by atoms with Gasteiger partial charge in [0.2, 0.25) is 0 Å². The van der Waals surface area contributed by atoms with Crippen LogP contribution in [-0.2, 0) is 17.8 Å². The Balaban J connectivity index is 1.68. The van der Waals surface area contributed by atoms with E-state index >= 15 is 0 Å². The first-order valence-electron chi connectivity index (χ1n) is 8.22. The Morgan fingerprint density at radius 3 is 3.00 bits per heavy atom. The highest BCUT2D eigenvalue weighted by atomic mass is 32.1. The molecule has 3 heterocycles. The number of carbonyl (C=O) groups is 1. The molecule has 0 fully saturated rings. The van der Waals surface area contributed by atoms with Crippen molar-refractivity contribution >= 4 is 17.2 Å². The molecule has 0 spiro atoms. The minimum Gasteiger partial charge on any atom is -0.383 e. The molecule has 6 nitrogen and oxygen atoms in total. The Morgan fingerprint density at radius 1 is 1.46 bits per heavy atom. The van der Waals surface area contributed by atoms with Crippen LogP contribution in [0.4, 0.5) is 0 Å². The van der Waals surface area contributed by atoms with E-state index in [2.05, 4.69) is 45.7 Å². The first kappa shape index (κ1) is 17.1. The van der Waals surface area contributed by atoms with E-state index in [1.54, 1.807) is 7.11 Å². The predicted molar refractivity (Wildman–Crippen MR) is 94.3 cm³/mol. The normalized spacial score (nSPS) is 17.7. The van der Waals surface area contributed by atoms with Crippen LogP contribution in [0.1, 0.15) is 39.0 Å². The topological polar surface area (TPSA) is 59.4 Å². The Kier molecular flexibility index (Phi) is 5.33. The molecule has 1 amide bonds. The van der Waals surface area contributed by atoms with Gasteiger partial charge in [0.15, 0.2) is 0 Å². The number of nitrogens with one attached hydrogen (secondary N) is 1. The van der Waals surface area contributed by atoms with Crippen LogP contribution in [0.5, 0.6) is 0 Å². The third kappa shape index (κ3) is 3.68. The lowest BCUT2D eigenvalue weighted by Gasteiger charge is -2.33. The number of aromatic nitrogens is 2. The van der Waals surface area contributed by atoms with Gasteiger partial charge in [-0.25, -0.2) is 4.98 Å². The largest absolute Gasteiger partial charge is 0.383 e. The number of hydrogen-bond donors (Lipinski definition) is 1. The van der Waals surface area contributed by atoms with Crippen molar-refractivity contribution in [3.05, 3.63) is 39.6 Å². The average molecular weight is 348 g/mol. The van der Waals surface area contributed by atoms with Gasteiger partial charge >= 0.3 is 0 Å². The van der Waals surface area contributed by atoms with Crippen molar-refractivity contribution in [1.29, 1.82) is 0 Å². The summed E-state index contributed by atoms with van der Waals surface area (Å²) in [5, 5.41) is 2.83. The maximum absolute atomic E-state index is 12.2. The fraction of sp³-hybridized carbons (Fsp3) is 0.529. The zero-order valence-corrected chi connectivity index (χ0v) is 15.2. The predicted octanol–water partition coefficient (Wildman–Crippen LogP) is 2.21. The Morgan fingerprint density at radius 2 is 2.29 bits per heavy atom. The molecule has 3 rings (SSSR count). The maximum atomic E-state index is 12.2. The van der Waals surface area contributed by atoms with E-state index in [9.17, 15) is 4.79 Å². The van der Waals surface area contributed by atoms with Crippen molar-refractivity contribution in [3.8, 4) is 0 Å². The summed E-state index contributed by atoms with van der Waals surface area (Å²) in [5.74, 6) is 0.827. The van der Waals surface area contributed by atoms with E-state index in [0.717, 1.165) is 25.5 Å². The van der Waals surface area contributed by atoms with Crippen LogP contribution in [0.25, 0.3) is 0 Å². The molecule has 0 aromatic carbocycles. The lowest BCUT2D eigenvalue weighted by atomic mass is 10.2. The molecule has 1 unspecified atom stereocenters. The highest BCUT2D eigenvalue weighted by Crippen LogP contribution is 2.28. The molecule has 2 aromatic rings. The minimum atomic E-state index is -0.137. The molecule has 0 bridgehead atoms. The second-order valence-electron chi connectivity index (χ2n) is 6.09. The molecular formula is C17H24N4O2S. The fourth-order valence-electron chi connectivity index (χ4n) is 2.99. The smallest absolute Gasteiger partial charge is 0.271 e. The number of nitrogens with zero attached hydrogens (tertiary/aromatic N) is 3. The second kappa shape index (κ2) is 7.46. The summed E-state index contributed by atoms with van der Waals surface area (Å²) in [6, 6.07) is 4.56. The zero-order chi connectivity index (χ0) is 17.1. The molecule has 1 N–H and O–H groups in total. The molecule has 1 aliphatic heterocycles. The molecule has 130 valence electrons. The summed E-state index contributed by atoms with van der Waals surface area (Å²) in [6.45, 7) is 8.05. The number of ether oxygens (including phenoxy) is 1. The van der Waals surface area contributed by atoms with Crippen molar-refractivity contribution < 1.29 is 9.53 Å². The van der Waals surface area contributed by atoms with Crippen LogP contribution in [0, 0.1) is 6.92 Å².